The molecule has 1 aliphatic rings. The first-order chi connectivity index (χ1) is 10.1. The number of hydrogen-bond acceptors (Lipinski definition) is 3. The second-order valence-corrected chi connectivity index (χ2v) is 5.89. The molecule has 4 nitrogen and oxygen atoms in total. The summed E-state index contributed by atoms with van der Waals surface area (Å²) >= 11 is 6.06. The minimum absolute atomic E-state index is 0.240. The van der Waals surface area contributed by atoms with E-state index in [9.17, 15) is 4.79 Å². The Hall–Kier alpha value is -1.26. The highest BCUT2D eigenvalue weighted by Crippen LogP contribution is 2.32. The van der Waals surface area contributed by atoms with Gasteiger partial charge in [-0.15, -0.1) is 0 Å². The third-order valence-electron chi connectivity index (χ3n) is 3.98. The van der Waals surface area contributed by atoms with E-state index in [4.69, 9.17) is 16.3 Å². The average Bonchev–Trinajstić information content (AvgIpc) is 2.53. The number of methoxy groups -OCH3 is 1. The van der Waals surface area contributed by atoms with Gasteiger partial charge in [-0.1, -0.05) is 18.5 Å². The molecule has 1 N–H and O–H groups in total. The first-order valence-corrected chi connectivity index (χ1v) is 7.81. The Morgan fingerprint density at radius 1 is 1.43 bits per heavy atom. The lowest BCUT2D eigenvalue weighted by Crippen LogP contribution is -2.46. The molecule has 0 aliphatic carbocycles. The van der Waals surface area contributed by atoms with E-state index in [0.29, 0.717) is 11.4 Å². The van der Waals surface area contributed by atoms with E-state index >= 15 is 0 Å². The quantitative estimate of drug-likeness (QED) is 0.909. The highest BCUT2D eigenvalue weighted by atomic mass is 35.5. The fourth-order valence-corrected chi connectivity index (χ4v) is 2.84. The van der Waals surface area contributed by atoms with E-state index in [0.717, 1.165) is 43.9 Å². The van der Waals surface area contributed by atoms with Gasteiger partial charge in [0.15, 0.2) is 0 Å². The maximum atomic E-state index is 12.2. The predicted molar refractivity (Wildman–Crippen MR) is 85.1 cm³/mol. The standard InChI is InChI=1S/C16H23ClN2O2/c1-12(14-11-13(17)4-5-15(14)21-2)3-6-16(20)19-9-7-18-8-10-19/h4-5,11-12,18H,3,6-10H2,1-2H3. The molecule has 0 saturated carbocycles. The van der Waals surface area contributed by atoms with Gasteiger partial charge in [0.25, 0.3) is 0 Å². The molecule has 1 unspecified atom stereocenters. The molecule has 0 bridgehead atoms. The number of piperazine rings is 1. The highest BCUT2D eigenvalue weighted by molar-refractivity contribution is 6.30. The Morgan fingerprint density at radius 2 is 2.14 bits per heavy atom. The summed E-state index contributed by atoms with van der Waals surface area (Å²) in [5.41, 5.74) is 1.07. The van der Waals surface area contributed by atoms with Crippen LogP contribution < -0.4 is 10.1 Å². The number of amides is 1. The molecular formula is C16H23ClN2O2. The van der Waals surface area contributed by atoms with Crippen molar-refractivity contribution in [3.63, 3.8) is 0 Å². The maximum Gasteiger partial charge on any atom is 0.222 e. The van der Waals surface area contributed by atoms with Gasteiger partial charge in [-0.25, -0.2) is 0 Å². The number of hydrogen-bond donors (Lipinski definition) is 1. The van der Waals surface area contributed by atoms with Gasteiger partial charge in [0, 0.05) is 37.6 Å². The molecule has 0 radical (unpaired) electrons. The zero-order valence-electron chi connectivity index (χ0n) is 12.7. The lowest BCUT2D eigenvalue weighted by atomic mass is 9.95. The molecule has 1 aromatic rings. The number of benzene rings is 1. The largest absolute Gasteiger partial charge is 0.496 e. The number of halogens is 1. The van der Waals surface area contributed by atoms with Gasteiger partial charge in [0.1, 0.15) is 5.75 Å². The van der Waals surface area contributed by atoms with Crippen LogP contribution in [-0.2, 0) is 4.79 Å². The number of carbonyl (C=O) groups excluding carboxylic acids is 1. The predicted octanol–water partition coefficient (Wildman–Crippen LogP) is 2.66. The minimum Gasteiger partial charge on any atom is -0.496 e. The SMILES string of the molecule is COc1ccc(Cl)cc1C(C)CCC(=O)N1CCNCC1. The summed E-state index contributed by atoms with van der Waals surface area (Å²) in [6.45, 7) is 5.52. The Morgan fingerprint density at radius 3 is 2.81 bits per heavy atom. The van der Waals surface area contributed by atoms with E-state index in [1.54, 1.807) is 7.11 Å². The summed E-state index contributed by atoms with van der Waals surface area (Å²) in [6.07, 6.45) is 1.37. The zero-order chi connectivity index (χ0) is 15.2. The topological polar surface area (TPSA) is 41.6 Å². The third-order valence-corrected chi connectivity index (χ3v) is 4.22. The van der Waals surface area contributed by atoms with Crippen LogP contribution in [-0.4, -0.2) is 44.1 Å². The second-order valence-electron chi connectivity index (χ2n) is 5.46. The monoisotopic (exact) mass is 310 g/mol. The van der Waals surface area contributed by atoms with E-state index in [1.807, 2.05) is 23.1 Å². The van der Waals surface area contributed by atoms with Crippen LogP contribution in [0.4, 0.5) is 0 Å². The first-order valence-electron chi connectivity index (χ1n) is 7.43. The van der Waals surface area contributed by atoms with Crippen LogP contribution >= 0.6 is 11.6 Å². The zero-order valence-corrected chi connectivity index (χ0v) is 13.4. The normalized spacial score (nSPS) is 16.6. The molecule has 21 heavy (non-hydrogen) atoms. The molecule has 116 valence electrons. The van der Waals surface area contributed by atoms with Gasteiger partial charge in [-0.2, -0.15) is 0 Å². The molecule has 1 amide bonds. The Balaban J connectivity index is 1.93. The van der Waals surface area contributed by atoms with Crippen molar-refractivity contribution in [1.29, 1.82) is 0 Å². The molecule has 2 rings (SSSR count). The lowest BCUT2D eigenvalue weighted by Gasteiger charge is -2.28. The van der Waals surface area contributed by atoms with Crippen molar-refractivity contribution in [2.24, 2.45) is 0 Å². The average molecular weight is 311 g/mol. The number of carbonyl (C=O) groups is 1. The molecule has 1 aromatic carbocycles. The van der Waals surface area contributed by atoms with Gasteiger partial charge in [-0.05, 0) is 36.1 Å². The van der Waals surface area contributed by atoms with Crippen LogP contribution in [0.15, 0.2) is 18.2 Å². The van der Waals surface area contributed by atoms with E-state index in [2.05, 4.69) is 12.2 Å². The molecule has 5 heteroatoms. The molecule has 1 saturated heterocycles. The molecule has 1 fully saturated rings. The van der Waals surface area contributed by atoms with Crippen molar-refractivity contribution < 1.29 is 9.53 Å². The van der Waals surface area contributed by atoms with Crippen LogP contribution in [0.3, 0.4) is 0 Å². The van der Waals surface area contributed by atoms with Crippen molar-refractivity contribution in [3.8, 4) is 5.75 Å². The third kappa shape index (κ3) is 4.35. The second kappa shape index (κ2) is 7.66. The molecule has 1 atom stereocenters. The lowest BCUT2D eigenvalue weighted by molar-refractivity contribution is -0.131. The fourth-order valence-electron chi connectivity index (χ4n) is 2.66. The van der Waals surface area contributed by atoms with Crippen LogP contribution in [0.1, 0.15) is 31.2 Å². The fraction of sp³-hybridized carbons (Fsp3) is 0.562. The van der Waals surface area contributed by atoms with Crippen molar-refractivity contribution in [2.45, 2.75) is 25.7 Å². The summed E-state index contributed by atoms with van der Waals surface area (Å²) in [7, 11) is 1.66. The smallest absolute Gasteiger partial charge is 0.222 e. The summed E-state index contributed by atoms with van der Waals surface area (Å²) in [6, 6.07) is 5.63. The molecule has 0 aromatic heterocycles. The van der Waals surface area contributed by atoms with Gasteiger partial charge in [0.05, 0.1) is 7.11 Å². The van der Waals surface area contributed by atoms with Crippen molar-refractivity contribution >= 4 is 17.5 Å². The van der Waals surface area contributed by atoms with Gasteiger partial charge in [-0.3, -0.25) is 4.79 Å². The Bertz CT molecular complexity index is 487. The molecule has 1 aliphatic heterocycles. The van der Waals surface area contributed by atoms with Gasteiger partial charge >= 0.3 is 0 Å². The van der Waals surface area contributed by atoms with Gasteiger partial charge < -0.3 is 15.0 Å². The van der Waals surface area contributed by atoms with Crippen LogP contribution in [0.2, 0.25) is 5.02 Å². The Labute approximate surface area is 131 Å². The number of nitrogens with zero attached hydrogens (tertiary/aromatic N) is 1. The van der Waals surface area contributed by atoms with Crippen LogP contribution in [0.5, 0.6) is 5.75 Å². The maximum absolute atomic E-state index is 12.2. The number of nitrogens with one attached hydrogen (secondary N) is 1. The van der Waals surface area contributed by atoms with Crippen LogP contribution in [0.25, 0.3) is 0 Å². The van der Waals surface area contributed by atoms with Crippen molar-refractivity contribution in [1.82, 2.24) is 10.2 Å². The van der Waals surface area contributed by atoms with E-state index in [1.165, 1.54) is 0 Å². The van der Waals surface area contributed by atoms with Gasteiger partial charge in [0.2, 0.25) is 5.91 Å². The molecule has 1 heterocycles. The van der Waals surface area contributed by atoms with Crippen molar-refractivity contribution in [2.75, 3.05) is 33.3 Å². The summed E-state index contributed by atoms with van der Waals surface area (Å²) in [4.78, 5) is 14.1. The highest BCUT2D eigenvalue weighted by Gasteiger charge is 2.18. The molecule has 0 spiro atoms. The van der Waals surface area contributed by atoms with Crippen molar-refractivity contribution in [3.05, 3.63) is 28.8 Å². The van der Waals surface area contributed by atoms with E-state index < -0.39 is 0 Å². The number of ether oxygens (including phenoxy) is 1. The number of rotatable bonds is 5. The summed E-state index contributed by atoms with van der Waals surface area (Å²) in [5.74, 6) is 1.32. The minimum atomic E-state index is 0.240. The summed E-state index contributed by atoms with van der Waals surface area (Å²) in [5, 5.41) is 3.96. The Kier molecular flexibility index (Phi) is 5.88. The van der Waals surface area contributed by atoms with Crippen LogP contribution in [0, 0.1) is 0 Å². The molecular weight excluding hydrogens is 288 g/mol. The first kappa shape index (κ1) is 16.1. The van der Waals surface area contributed by atoms with E-state index in [-0.39, 0.29) is 11.8 Å². The summed E-state index contributed by atoms with van der Waals surface area (Å²) < 4.78 is 5.38.